The predicted octanol–water partition coefficient (Wildman–Crippen LogP) is 2.21. The van der Waals surface area contributed by atoms with Gasteiger partial charge in [-0.1, -0.05) is 19.1 Å². The van der Waals surface area contributed by atoms with Crippen LogP contribution in [0.1, 0.15) is 32.6 Å². The number of carboxylic acids is 1. The van der Waals surface area contributed by atoms with Crippen molar-refractivity contribution in [3.8, 4) is 0 Å². The number of rotatable bonds is 2. The van der Waals surface area contributed by atoms with Crippen LogP contribution in [0, 0.1) is 5.41 Å². The van der Waals surface area contributed by atoms with Gasteiger partial charge in [-0.05, 0) is 24.7 Å². The van der Waals surface area contributed by atoms with Gasteiger partial charge in [0, 0.05) is 0 Å². The van der Waals surface area contributed by atoms with E-state index in [0.717, 1.165) is 19.3 Å². The van der Waals surface area contributed by atoms with E-state index < -0.39 is 5.97 Å². The van der Waals surface area contributed by atoms with Crippen molar-refractivity contribution in [2.24, 2.45) is 5.41 Å². The Balaban J connectivity index is 2.55. The maximum atomic E-state index is 10.4. The molecule has 2 nitrogen and oxygen atoms in total. The monoisotopic (exact) mass is 154 g/mol. The van der Waals surface area contributed by atoms with Crippen LogP contribution < -0.4 is 0 Å². The summed E-state index contributed by atoms with van der Waals surface area (Å²) >= 11 is 0. The molecule has 0 bridgehead atoms. The summed E-state index contributed by atoms with van der Waals surface area (Å²) in [5.41, 5.74) is 1.19. The smallest absolute Gasteiger partial charge is 0.303 e. The van der Waals surface area contributed by atoms with Crippen LogP contribution in [0.15, 0.2) is 12.2 Å². The quantitative estimate of drug-likeness (QED) is 0.619. The summed E-state index contributed by atoms with van der Waals surface area (Å²) in [5.74, 6) is -0.692. The minimum atomic E-state index is -0.692. The summed E-state index contributed by atoms with van der Waals surface area (Å²) in [6.45, 7) is 5.89. The molecular formula is C9H14O2. The van der Waals surface area contributed by atoms with Crippen LogP contribution in [-0.2, 0) is 4.79 Å². The maximum Gasteiger partial charge on any atom is 0.303 e. The highest BCUT2D eigenvalue weighted by Gasteiger charge is 2.32. The Morgan fingerprint density at radius 3 is 2.82 bits per heavy atom. The number of aliphatic carboxylic acids is 1. The van der Waals surface area contributed by atoms with Crippen molar-refractivity contribution in [1.82, 2.24) is 0 Å². The van der Waals surface area contributed by atoms with Crippen molar-refractivity contribution in [3.05, 3.63) is 12.2 Å². The van der Waals surface area contributed by atoms with Gasteiger partial charge in [0.2, 0.25) is 0 Å². The van der Waals surface area contributed by atoms with Gasteiger partial charge in [-0.2, -0.15) is 0 Å². The molecule has 0 aromatic heterocycles. The van der Waals surface area contributed by atoms with Crippen LogP contribution in [0.4, 0.5) is 0 Å². The molecule has 1 rings (SSSR count). The minimum absolute atomic E-state index is 0.0110. The molecule has 0 saturated heterocycles. The van der Waals surface area contributed by atoms with Crippen LogP contribution >= 0.6 is 0 Å². The third kappa shape index (κ3) is 2.07. The Morgan fingerprint density at radius 2 is 2.45 bits per heavy atom. The van der Waals surface area contributed by atoms with Gasteiger partial charge in [0.25, 0.3) is 0 Å². The van der Waals surface area contributed by atoms with Crippen molar-refractivity contribution in [1.29, 1.82) is 0 Å². The van der Waals surface area contributed by atoms with Crippen molar-refractivity contribution in [2.75, 3.05) is 0 Å². The lowest BCUT2D eigenvalue weighted by atomic mass is 9.85. The van der Waals surface area contributed by atoms with Crippen LogP contribution in [0.25, 0.3) is 0 Å². The Kier molecular flexibility index (Phi) is 2.03. The third-order valence-corrected chi connectivity index (χ3v) is 2.34. The van der Waals surface area contributed by atoms with Crippen LogP contribution in [0.5, 0.6) is 0 Å². The standard InChI is InChI=1S/C9H14O2/c1-7-3-4-9(2,5-7)6-8(10)11/h1,3-6H2,2H3,(H,10,11). The van der Waals surface area contributed by atoms with Crippen molar-refractivity contribution in [2.45, 2.75) is 32.6 Å². The summed E-state index contributed by atoms with van der Waals surface area (Å²) in [7, 11) is 0. The molecule has 0 aliphatic heterocycles. The average Bonchev–Trinajstić information content (AvgIpc) is 2.08. The van der Waals surface area contributed by atoms with Gasteiger partial charge in [-0.15, -0.1) is 0 Å². The molecule has 0 spiro atoms. The van der Waals surface area contributed by atoms with E-state index in [4.69, 9.17) is 5.11 Å². The zero-order chi connectivity index (χ0) is 8.48. The molecule has 0 heterocycles. The molecule has 1 atom stereocenters. The SMILES string of the molecule is C=C1CCC(C)(CC(=O)O)C1. The molecule has 0 aromatic carbocycles. The lowest BCUT2D eigenvalue weighted by Gasteiger charge is -2.19. The number of hydrogen-bond acceptors (Lipinski definition) is 1. The van der Waals surface area contributed by atoms with E-state index in [0.29, 0.717) is 0 Å². The molecule has 0 aromatic rings. The van der Waals surface area contributed by atoms with Gasteiger partial charge in [0.15, 0.2) is 0 Å². The summed E-state index contributed by atoms with van der Waals surface area (Å²) in [4.78, 5) is 10.4. The molecule has 1 N–H and O–H groups in total. The van der Waals surface area contributed by atoms with Gasteiger partial charge in [0.1, 0.15) is 0 Å². The molecule has 0 radical (unpaired) electrons. The summed E-state index contributed by atoms with van der Waals surface area (Å²) in [6.07, 6.45) is 3.16. The highest BCUT2D eigenvalue weighted by molar-refractivity contribution is 5.67. The molecule has 1 saturated carbocycles. The van der Waals surface area contributed by atoms with E-state index in [2.05, 4.69) is 6.58 Å². The van der Waals surface area contributed by atoms with Crippen molar-refractivity contribution < 1.29 is 9.90 Å². The normalized spacial score (nSPS) is 30.8. The van der Waals surface area contributed by atoms with Crippen LogP contribution in [0.2, 0.25) is 0 Å². The Labute approximate surface area is 66.9 Å². The second-order valence-corrected chi connectivity index (χ2v) is 3.81. The fourth-order valence-electron chi connectivity index (χ4n) is 1.77. The van der Waals surface area contributed by atoms with E-state index in [1.165, 1.54) is 5.57 Å². The number of carbonyl (C=O) groups is 1. The Bertz CT molecular complexity index is 196. The zero-order valence-electron chi connectivity index (χ0n) is 6.89. The molecule has 1 aliphatic rings. The topological polar surface area (TPSA) is 37.3 Å². The van der Waals surface area contributed by atoms with Crippen LogP contribution in [0.3, 0.4) is 0 Å². The average molecular weight is 154 g/mol. The van der Waals surface area contributed by atoms with E-state index in [1.54, 1.807) is 0 Å². The molecule has 2 heteroatoms. The fraction of sp³-hybridized carbons (Fsp3) is 0.667. The van der Waals surface area contributed by atoms with Gasteiger partial charge in [-0.3, -0.25) is 4.79 Å². The second kappa shape index (κ2) is 2.68. The highest BCUT2D eigenvalue weighted by Crippen LogP contribution is 2.42. The fourth-order valence-corrected chi connectivity index (χ4v) is 1.77. The van der Waals surface area contributed by atoms with Crippen LogP contribution in [-0.4, -0.2) is 11.1 Å². The molecular weight excluding hydrogens is 140 g/mol. The summed E-state index contributed by atoms with van der Waals surface area (Å²) < 4.78 is 0. The minimum Gasteiger partial charge on any atom is -0.481 e. The van der Waals surface area contributed by atoms with Gasteiger partial charge in [0.05, 0.1) is 6.42 Å². The van der Waals surface area contributed by atoms with Gasteiger partial charge in [-0.25, -0.2) is 0 Å². The lowest BCUT2D eigenvalue weighted by Crippen LogP contribution is -2.16. The maximum absolute atomic E-state index is 10.4. The first-order valence-corrected chi connectivity index (χ1v) is 3.90. The van der Waals surface area contributed by atoms with E-state index in [1.807, 2.05) is 6.92 Å². The first kappa shape index (κ1) is 8.31. The first-order chi connectivity index (χ1) is 5.02. The Morgan fingerprint density at radius 1 is 1.82 bits per heavy atom. The summed E-state index contributed by atoms with van der Waals surface area (Å²) in [6, 6.07) is 0. The molecule has 11 heavy (non-hydrogen) atoms. The highest BCUT2D eigenvalue weighted by atomic mass is 16.4. The number of allylic oxidation sites excluding steroid dienone is 1. The largest absolute Gasteiger partial charge is 0.481 e. The van der Waals surface area contributed by atoms with E-state index >= 15 is 0 Å². The van der Waals surface area contributed by atoms with Gasteiger partial charge < -0.3 is 5.11 Å². The molecule has 1 unspecified atom stereocenters. The first-order valence-electron chi connectivity index (χ1n) is 3.90. The summed E-state index contributed by atoms with van der Waals surface area (Å²) in [5, 5.41) is 8.60. The van der Waals surface area contributed by atoms with Crippen molar-refractivity contribution in [3.63, 3.8) is 0 Å². The molecule has 1 aliphatic carbocycles. The van der Waals surface area contributed by atoms with E-state index in [9.17, 15) is 4.79 Å². The van der Waals surface area contributed by atoms with E-state index in [-0.39, 0.29) is 11.8 Å². The molecule has 0 amide bonds. The molecule has 1 fully saturated rings. The third-order valence-electron chi connectivity index (χ3n) is 2.34. The predicted molar refractivity (Wildman–Crippen MR) is 43.4 cm³/mol. The zero-order valence-corrected chi connectivity index (χ0v) is 6.89. The molecule has 62 valence electrons. The Hall–Kier alpha value is -0.790. The number of carboxylic acid groups (broad SMARTS) is 1. The van der Waals surface area contributed by atoms with Crippen molar-refractivity contribution >= 4 is 5.97 Å². The second-order valence-electron chi connectivity index (χ2n) is 3.81. The van der Waals surface area contributed by atoms with Gasteiger partial charge >= 0.3 is 5.97 Å². The lowest BCUT2D eigenvalue weighted by molar-refractivity contribution is -0.139. The number of hydrogen-bond donors (Lipinski definition) is 1.